The minimum absolute atomic E-state index is 0.0119. The SMILES string of the molecule is CC1Cc2ccccc2N(C(=O)COc2ccccc2)C1. The van der Waals surface area contributed by atoms with Crippen molar-refractivity contribution in [1.29, 1.82) is 0 Å². The fourth-order valence-corrected chi connectivity index (χ4v) is 2.77. The quantitative estimate of drug-likeness (QED) is 0.864. The van der Waals surface area contributed by atoms with Crippen LogP contribution in [0.3, 0.4) is 0 Å². The highest BCUT2D eigenvalue weighted by Crippen LogP contribution is 2.29. The molecule has 3 heteroatoms. The average Bonchev–Trinajstić information content (AvgIpc) is 2.52. The molecule has 3 rings (SSSR count). The second-order valence-corrected chi connectivity index (χ2v) is 5.54. The summed E-state index contributed by atoms with van der Waals surface area (Å²) < 4.78 is 5.58. The number of hydrogen-bond donors (Lipinski definition) is 0. The second-order valence-electron chi connectivity index (χ2n) is 5.54. The lowest BCUT2D eigenvalue weighted by molar-refractivity contribution is -0.120. The zero-order chi connectivity index (χ0) is 14.7. The normalized spacial score (nSPS) is 17.2. The Labute approximate surface area is 125 Å². The van der Waals surface area contributed by atoms with E-state index in [1.807, 2.05) is 53.4 Å². The summed E-state index contributed by atoms with van der Waals surface area (Å²) in [7, 11) is 0. The van der Waals surface area contributed by atoms with Crippen LogP contribution < -0.4 is 9.64 Å². The van der Waals surface area contributed by atoms with E-state index in [0.29, 0.717) is 5.92 Å². The van der Waals surface area contributed by atoms with Crippen molar-refractivity contribution < 1.29 is 9.53 Å². The van der Waals surface area contributed by atoms with Crippen LogP contribution in [0.4, 0.5) is 5.69 Å². The number of rotatable bonds is 3. The molecular weight excluding hydrogens is 262 g/mol. The van der Waals surface area contributed by atoms with Gasteiger partial charge in [-0.3, -0.25) is 4.79 Å². The lowest BCUT2D eigenvalue weighted by Gasteiger charge is -2.33. The maximum Gasteiger partial charge on any atom is 0.264 e. The molecule has 0 N–H and O–H groups in total. The summed E-state index contributed by atoms with van der Waals surface area (Å²) in [5.74, 6) is 1.21. The van der Waals surface area contributed by atoms with E-state index in [9.17, 15) is 4.79 Å². The van der Waals surface area contributed by atoms with Crippen molar-refractivity contribution in [2.75, 3.05) is 18.1 Å². The van der Waals surface area contributed by atoms with Crippen LogP contribution in [-0.2, 0) is 11.2 Å². The topological polar surface area (TPSA) is 29.5 Å². The van der Waals surface area contributed by atoms with Crippen LogP contribution >= 0.6 is 0 Å². The van der Waals surface area contributed by atoms with Crippen LogP contribution in [0.15, 0.2) is 54.6 Å². The highest BCUT2D eigenvalue weighted by Gasteiger charge is 2.26. The Kier molecular flexibility index (Phi) is 3.91. The molecule has 0 saturated heterocycles. The number of carbonyl (C=O) groups is 1. The van der Waals surface area contributed by atoms with Crippen LogP contribution in [0.5, 0.6) is 5.75 Å². The molecule has 3 nitrogen and oxygen atoms in total. The van der Waals surface area contributed by atoms with E-state index in [4.69, 9.17) is 4.74 Å². The van der Waals surface area contributed by atoms with Crippen molar-refractivity contribution in [1.82, 2.24) is 0 Å². The molecule has 0 spiro atoms. The molecule has 0 fully saturated rings. The monoisotopic (exact) mass is 281 g/mol. The Balaban J connectivity index is 1.73. The zero-order valence-electron chi connectivity index (χ0n) is 12.2. The summed E-state index contributed by atoms with van der Waals surface area (Å²) in [4.78, 5) is 14.3. The number of nitrogens with zero attached hydrogens (tertiary/aromatic N) is 1. The number of fused-ring (bicyclic) bond motifs is 1. The Morgan fingerprint density at radius 1 is 1.14 bits per heavy atom. The first-order valence-electron chi connectivity index (χ1n) is 7.30. The van der Waals surface area contributed by atoms with Gasteiger partial charge in [-0.25, -0.2) is 0 Å². The van der Waals surface area contributed by atoms with Gasteiger partial charge in [0.05, 0.1) is 0 Å². The van der Waals surface area contributed by atoms with E-state index in [-0.39, 0.29) is 12.5 Å². The number of hydrogen-bond acceptors (Lipinski definition) is 2. The molecule has 1 heterocycles. The number of para-hydroxylation sites is 2. The number of anilines is 1. The smallest absolute Gasteiger partial charge is 0.264 e. The third kappa shape index (κ3) is 3.07. The Bertz CT molecular complexity index is 624. The van der Waals surface area contributed by atoms with E-state index in [2.05, 4.69) is 13.0 Å². The molecule has 0 saturated carbocycles. The van der Waals surface area contributed by atoms with Crippen LogP contribution in [-0.4, -0.2) is 19.1 Å². The fourth-order valence-electron chi connectivity index (χ4n) is 2.77. The van der Waals surface area contributed by atoms with E-state index >= 15 is 0 Å². The van der Waals surface area contributed by atoms with E-state index in [1.54, 1.807) is 0 Å². The molecule has 2 aromatic carbocycles. The van der Waals surface area contributed by atoms with Crippen molar-refractivity contribution in [3.8, 4) is 5.75 Å². The predicted molar refractivity (Wildman–Crippen MR) is 83.6 cm³/mol. The van der Waals surface area contributed by atoms with Gasteiger partial charge in [0.15, 0.2) is 6.61 Å². The molecule has 2 aromatic rings. The van der Waals surface area contributed by atoms with Gasteiger partial charge in [-0.2, -0.15) is 0 Å². The van der Waals surface area contributed by atoms with Gasteiger partial charge < -0.3 is 9.64 Å². The van der Waals surface area contributed by atoms with Gasteiger partial charge in [-0.05, 0) is 36.1 Å². The molecule has 108 valence electrons. The molecule has 1 atom stereocenters. The van der Waals surface area contributed by atoms with Gasteiger partial charge >= 0.3 is 0 Å². The third-order valence-electron chi connectivity index (χ3n) is 3.75. The van der Waals surface area contributed by atoms with E-state index in [1.165, 1.54) is 5.56 Å². The maximum absolute atomic E-state index is 12.5. The van der Waals surface area contributed by atoms with Gasteiger partial charge in [-0.15, -0.1) is 0 Å². The second kappa shape index (κ2) is 6.00. The van der Waals surface area contributed by atoms with E-state index in [0.717, 1.165) is 24.4 Å². The van der Waals surface area contributed by atoms with Crippen molar-refractivity contribution in [3.63, 3.8) is 0 Å². The van der Waals surface area contributed by atoms with Gasteiger partial charge in [0.25, 0.3) is 5.91 Å². The largest absolute Gasteiger partial charge is 0.484 e. The van der Waals surface area contributed by atoms with Gasteiger partial charge in [0.1, 0.15) is 5.75 Å². The summed E-state index contributed by atoms with van der Waals surface area (Å²) in [6.45, 7) is 3.01. The van der Waals surface area contributed by atoms with Gasteiger partial charge in [-0.1, -0.05) is 43.3 Å². The number of ether oxygens (including phenoxy) is 1. The molecule has 0 bridgehead atoms. The minimum atomic E-state index is 0.0119. The zero-order valence-corrected chi connectivity index (χ0v) is 12.2. The lowest BCUT2D eigenvalue weighted by Crippen LogP contribution is -2.41. The van der Waals surface area contributed by atoms with Crippen LogP contribution in [0, 0.1) is 5.92 Å². The third-order valence-corrected chi connectivity index (χ3v) is 3.75. The highest BCUT2D eigenvalue weighted by molar-refractivity contribution is 5.95. The van der Waals surface area contributed by atoms with Crippen LogP contribution in [0.25, 0.3) is 0 Å². The lowest BCUT2D eigenvalue weighted by atomic mass is 9.94. The van der Waals surface area contributed by atoms with Crippen molar-refractivity contribution in [3.05, 3.63) is 60.2 Å². The average molecular weight is 281 g/mol. The Morgan fingerprint density at radius 2 is 1.86 bits per heavy atom. The molecule has 0 radical (unpaired) electrons. The number of benzene rings is 2. The van der Waals surface area contributed by atoms with Crippen molar-refractivity contribution in [2.45, 2.75) is 13.3 Å². The fraction of sp³-hybridized carbons (Fsp3) is 0.278. The first-order chi connectivity index (χ1) is 10.2. The summed E-state index contributed by atoms with van der Waals surface area (Å²) in [6.07, 6.45) is 1.03. The van der Waals surface area contributed by atoms with Crippen molar-refractivity contribution >= 4 is 11.6 Å². The first-order valence-corrected chi connectivity index (χ1v) is 7.30. The standard InChI is InChI=1S/C18H19NO2/c1-14-11-15-7-5-6-10-17(15)19(12-14)18(20)13-21-16-8-3-2-4-9-16/h2-10,14H,11-13H2,1H3. The molecule has 21 heavy (non-hydrogen) atoms. The molecule has 1 aliphatic heterocycles. The predicted octanol–water partition coefficient (Wildman–Crippen LogP) is 3.29. The summed E-state index contributed by atoms with van der Waals surface area (Å²) in [5.41, 5.74) is 2.27. The number of amides is 1. The number of carbonyl (C=O) groups excluding carboxylic acids is 1. The molecular formula is C18H19NO2. The van der Waals surface area contributed by atoms with E-state index < -0.39 is 0 Å². The Morgan fingerprint density at radius 3 is 2.67 bits per heavy atom. The van der Waals surface area contributed by atoms with Crippen molar-refractivity contribution in [2.24, 2.45) is 5.92 Å². The van der Waals surface area contributed by atoms with Crippen LogP contribution in [0.2, 0.25) is 0 Å². The summed E-state index contributed by atoms with van der Waals surface area (Å²) >= 11 is 0. The summed E-state index contributed by atoms with van der Waals surface area (Å²) in [6, 6.07) is 17.6. The molecule has 1 unspecified atom stereocenters. The van der Waals surface area contributed by atoms with Gasteiger partial charge in [0.2, 0.25) is 0 Å². The Hall–Kier alpha value is -2.29. The molecule has 0 aliphatic carbocycles. The summed E-state index contributed by atoms with van der Waals surface area (Å²) in [5, 5.41) is 0. The highest BCUT2D eigenvalue weighted by atomic mass is 16.5. The molecule has 1 amide bonds. The molecule has 0 aromatic heterocycles. The minimum Gasteiger partial charge on any atom is -0.484 e. The van der Waals surface area contributed by atoms with Gasteiger partial charge in [0, 0.05) is 12.2 Å². The molecule has 1 aliphatic rings. The maximum atomic E-state index is 12.5. The first kappa shape index (κ1) is 13.7. The van der Waals surface area contributed by atoms with Crippen LogP contribution in [0.1, 0.15) is 12.5 Å².